The fourth-order valence-electron chi connectivity index (χ4n) is 3.72. The van der Waals surface area contributed by atoms with Crippen LogP contribution in [0.1, 0.15) is 35.7 Å². The van der Waals surface area contributed by atoms with E-state index < -0.39 is 0 Å². The maximum absolute atomic E-state index is 5.60. The summed E-state index contributed by atoms with van der Waals surface area (Å²) in [4.78, 5) is 13.7. The lowest BCUT2D eigenvalue weighted by Crippen LogP contribution is -2.46. The van der Waals surface area contributed by atoms with Crippen molar-refractivity contribution in [3.05, 3.63) is 47.2 Å². The Kier molecular flexibility index (Phi) is 10.6. The zero-order valence-corrected chi connectivity index (χ0v) is 21.6. The van der Waals surface area contributed by atoms with Crippen LogP contribution in [0, 0.1) is 20.8 Å². The van der Waals surface area contributed by atoms with Crippen molar-refractivity contribution in [1.82, 2.24) is 20.5 Å². The summed E-state index contributed by atoms with van der Waals surface area (Å²) in [6, 6.07) is 8.82. The van der Waals surface area contributed by atoms with Crippen LogP contribution >= 0.6 is 24.0 Å². The molecule has 0 atom stereocenters. The number of anilines is 1. The van der Waals surface area contributed by atoms with Crippen molar-refractivity contribution in [1.29, 1.82) is 0 Å². The number of hydrogen-bond donors (Lipinski definition) is 2. The van der Waals surface area contributed by atoms with Crippen LogP contribution in [-0.2, 0) is 6.54 Å². The van der Waals surface area contributed by atoms with Gasteiger partial charge in [0.2, 0.25) is 5.89 Å². The molecule has 2 aromatic rings. The molecule has 8 heteroatoms. The predicted octanol–water partition coefficient (Wildman–Crippen LogP) is 3.49. The minimum absolute atomic E-state index is 0. The van der Waals surface area contributed by atoms with Gasteiger partial charge in [-0.25, -0.2) is 4.98 Å². The van der Waals surface area contributed by atoms with E-state index in [1.165, 1.54) is 17.7 Å². The summed E-state index contributed by atoms with van der Waals surface area (Å²) in [5.74, 6) is 2.35. The quantitative estimate of drug-likeness (QED) is 0.231. The average molecular weight is 540 g/mol. The third kappa shape index (κ3) is 7.99. The number of benzene rings is 1. The lowest BCUT2D eigenvalue weighted by atomic mass is 10.2. The van der Waals surface area contributed by atoms with Crippen LogP contribution in [0.5, 0.6) is 0 Å². The third-order valence-corrected chi connectivity index (χ3v) is 5.64. The van der Waals surface area contributed by atoms with Gasteiger partial charge in [0, 0.05) is 45.5 Å². The Morgan fingerprint density at radius 3 is 2.52 bits per heavy atom. The molecule has 7 nitrogen and oxygen atoms in total. The van der Waals surface area contributed by atoms with Crippen molar-refractivity contribution in [2.24, 2.45) is 4.99 Å². The molecule has 1 aliphatic rings. The van der Waals surface area contributed by atoms with Gasteiger partial charge in [0.25, 0.3) is 0 Å². The number of aliphatic imine (C=N–C) groups is 1. The van der Waals surface area contributed by atoms with Gasteiger partial charge < -0.3 is 20.0 Å². The Labute approximate surface area is 203 Å². The van der Waals surface area contributed by atoms with Crippen molar-refractivity contribution >= 4 is 35.6 Å². The highest BCUT2D eigenvalue weighted by Gasteiger charge is 2.16. The first-order valence-corrected chi connectivity index (χ1v) is 11.0. The molecule has 3 rings (SSSR count). The summed E-state index contributed by atoms with van der Waals surface area (Å²) in [5.41, 5.74) is 3.62. The summed E-state index contributed by atoms with van der Waals surface area (Å²) in [6.45, 7) is 13.2. The fraction of sp³-hybridized carbons (Fsp3) is 0.565. The minimum Gasteiger partial charge on any atom is -0.444 e. The first-order chi connectivity index (χ1) is 14.5. The topological polar surface area (TPSA) is 68.9 Å². The molecule has 172 valence electrons. The Morgan fingerprint density at radius 1 is 1.10 bits per heavy atom. The molecule has 0 unspecified atom stereocenters. The second-order valence-electron chi connectivity index (χ2n) is 7.98. The van der Waals surface area contributed by atoms with Gasteiger partial charge in [-0.3, -0.25) is 9.89 Å². The number of aryl methyl sites for hydroxylation is 3. The standard InChI is InChI=1S/C23H36N6O.HI/c1-18-8-7-9-21(16-18)29-14-12-28(13-15-29)11-6-5-10-25-23(24-4)26-17-22-27-19(2)20(3)30-22;/h7-9,16H,5-6,10-15,17H2,1-4H3,(H2,24,25,26);1H. The zero-order valence-electron chi connectivity index (χ0n) is 19.3. The monoisotopic (exact) mass is 540 g/mol. The van der Waals surface area contributed by atoms with Gasteiger partial charge in [-0.1, -0.05) is 12.1 Å². The molecule has 0 saturated carbocycles. The summed E-state index contributed by atoms with van der Waals surface area (Å²) in [7, 11) is 1.79. The zero-order chi connectivity index (χ0) is 21.3. The number of oxazole rings is 1. The molecule has 0 aliphatic carbocycles. The number of unbranched alkanes of at least 4 members (excludes halogenated alkanes) is 1. The van der Waals surface area contributed by atoms with E-state index in [-0.39, 0.29) is 24.0 Å². The van der Waals surface area contributed by atoms with Gasteiger partial charge in [-0.05, 0) is 57.9 Å². The number of rotatable bonds is 8. The Bertz CT molecular complexity index is 810. The van der Waals surface area contributed by atoms with Crippen LogP contribution in [0.2, 0.25) is 0 Å². The number of nitrogens with zero attached hydrogens (tertiary/aromatic N) is 4. The molecule has 1 aliphatic heterocycles. The first-order valence-electron chi connectivity index (χ1n) is 11.0. The maximum atomic E-state index is 5.60. The van der Waals surface area contributed by atoms with E-state index >= 15 is 0 Å². The van der Waals surface area contributed by atoms with Gasteiger partial charge in [-0.2, -0.15) is 0 Å². The molecular weight excluding hydrogens is 503 g/mol. The first kappa shape index (κ1) is 25.5. The van der Waals surface area contributed by atoms with E-state index in [9.17, 15) is 0 Å². The van der Waals surface area contributed by atoms with Gasteiger partial charge in [0.1, 0.15) is 5.76 Å². The second-order valence-corrected chi connectivity index (χ2v) is 7.98. The molecule has 2 heterocycles. The van der Waals surface area contributed by atoms with E-state index in [1.807, 2.05) is 13.8 Å². The maximum Gasteiger partial charge on any atom is 0.214 e. The number of aromatic nitrogens is 1. The van der Waals surface area contributed by atoms with Crippen molar-refractivity contribution < 1.29 is 4.42 Å². The Hall–Kier alpha value is -1.81. The van der Waals surface area contributed by atoms with Gasteiger partial charge in [-0.15, -0.1) is 24.0 Å². The normalized spacial score (nSPS) is 15.0. The van der Waals surface area contributed by atoms with Crippen molar-refractivity contribution in [3.63, 3.8) is 0 Å². The van der Waals surface area contributed by atoms with E-state index in [0.29, 0.717) is 12.4 Å². The van der Waals surface area contributed by atoms with Gasteiger partial charge >= 0.3 is 0 Å². The SMILES string of the molecule is CN=C(NCCCCN1CCN(c2cccc(C)c2)CC1)NCc1nc(C)c(C)o1.I. The van der Waals surface area contributed by atoms with E-state index in [0.717, 1.165) is 63.1 Å². The molecule has 1 aromatic heterocycles. The molecule has 1 saturated heterocycles. The number of piperazine rings is 1. The van der Waals surface area contributed by atoms with Crippen molar-refractivity contribution in [3.8, 4) is 0 Å². The number of guanidine groups is 1. The molecule has 0 amide bonds. The highest BCUT2D eigenvalue weighted by atomic mass is 127. The van der Waals surface area contributed by atoms with Gasteiger partial charge in [0.05, 0.1) is 12.2 Å². The highest BCUT2D eigenvalue weighted by molar-refractivity contribution is 14.0. The molecule has 31 heavy (non-hydrogen) atoms. The largest absolute Gasteiger partial charge is 0.444 e. The van der Waals surface area contributed by atoms with E-state index in [4.69, 9.17) is 4.42 Å². The smallest absolute Gasteiger partial charge is 0.214 e. The lowest BCUT2D eigenvalue weighted by molar-refractivity contribution is 0.253. The molecular formula is C23H37IN6O. The van der Waals surface area contributed by atoms with Gasteiger partial charge in [0.15, 0.2) is 5.96 Å². The molecule has 2 N–H and O–H groups in total. The number of hydrogen-bond acceptors (Lipinski definition) is 5. The minimum atomic E-state index is 0. The highest BCUT2D eigenvalue weighted by Crippen LogP contribution is 2.17. The molecule has 0 radical (unpaired) electrons. The molecule has 1 aromatic carbocycles. The van der Waals surface area contributed by atoms with E-state index in [2.05, 4.69) is 61.6 Å². The average Bonchev–Trinajstić information content (AvgIpc) is 3.08. The van der Waals surface area contributed by atoms with Crippen LogP contribution < -0.4 is 15.5 Å². The Balaban J connectivity index is 0.00000341. The van der Waals surface area contributed by atoms with Crippen LogP contribution in [-0.4, -0.2) is 62.2 Å². The van der Waals surface area contributed by atoms with Crippen molar-refractivity contribution in [2.45, 2.75) is 40.2 Å². The summed E-state index contributed by atoms with van der Waals surface area (Å²) < 4.78 is 5.60. The van der Waals surface area contributed by atoms with Crippen LogP contribution in [0.25, 0.3) is 0 Å². The number of nitrogens with one attached hydrogen (secondary N) is 2. The molecule has 1 fully saturated rings. The van der Waals surface area contributed by atoms with Crippen LogP contribution in [0.15, 0.2) is 33.7 Å². The van der Waals surface area contributed by atoms with Crippen molar-refractivity contribution in [2.75, 3.05) is 51.2 Å². The third-order valence-electron chi connectivity index (χ3n) is 5.64. The number of halogens is 1. The fourth-order valence-corrected chi connectivity index (χ4v) is 3.72. The summed E-state index contributed by atoms with van der Waals surface area (Å²) in [6.07, 6.45) is 2.31. The lowest BCUT2D eigenvalue weighted by Gasteiger charge is -2.36. The predicted molar refractivity (Wildman–Crippen MR) is 139 cm³/mol. The second kappa shape index (κ2) is 12.9. The van der Waals surface area contributed by atoms with E-state index in [1.54, 1.807) is 7.05 Å². The molecule has 0 bridgehead atoms. The summed E-state index contributed by atoms with van der Waals surface area (Å²) in [5, 5.41) is 6.63. The molecule has 0 spiro atoms. The Morgan fingerprint density at radius 2 is 1.87 bits per heavy atom. The summed E-state index contributed by atoms with van der Waals surface area (Å²) >= 11 is 0. The van der Waals surface area contributed by atoms with Crippen LogP contribution in [0.3, 0.4) is 0 Å². The van der Waals surface area contributed by atoms with Crippen LogP contribution in [0.4, 0.5) is 5.69 Å².